The minimum absolute atomic E-state index is 0.690. The number of piperazine rings is 1. The van der Waals surface area contributed by atoms with Gasteiger partial charge in [-0.1, -0.05) is 19.9 Å². The van der Waals surface area contributed by atoms with Crippen molar-refractivity contribution in [2.75, 3.05) is 13.1 Å². The number of hydrogen-bond acceptors (Lipinski definition) is 3. The highest BCUT2D eigenvalue weighted by Crippen LogP contribution is 2.37. The maximum absolute atomic E-state index is 3.79. The third-order valence-electron chi connectivity index (χ3n) is 4.40. The Morgan fingerprint density at radius 3 is 2.89 bits per heavy atom. The van der Waals surface area contributed by atoms with E-state index in [9.17, 15) is 0 Å². The van der Waals surface area contributed by atoms with Crippen LogP contribution in [-0.2, 0) is 6.54 Å². The molecule has 1 aromatic heterocycles. The van der Waals surface area contributed by atoms with Gasteiger partial charge >= 0.3 is 0 Å². The fourth-order valence-electron chi connectivity index (χ4n) is 3.36. The second-order valence-electron chi connectivity index (χ2n) is 6.65. The van der Waals surface area contributed by atoms with Gasteiger partial charge in [-0.3, -0.25) is 4.90 Å². The van der Waals surface area contributed by atoms with Crippen LogP contribution in [0.25, 0.3) is 0 Å². The standard InChI is InChI=1S/C16H26N2S/c1-12(2)8-14-10-18(11-15-4-3-7-19-15)16(9-17-14)13-5-6-13/h3-4,7,12-14,16-17H,5-6,8-11H2,1-2H3. The lowest BCUT2D eigenvalue weighted by Crippen LogP contribution is -2.57. The lowest BCUT2D eigenvalue weighted by molar-refractivity contribution is 0.101. The van der Waals surface area contributed by atoms with Gasteiger partial charge in [-0.15, -0.1) is 11.3 Å². The molecule has 2 aliphatic rings. The van der Waals surface area contributed by atoms with Gasteiger partial charge in [0.05, 0.1) is 0 Å². The van der Waals surface area contributed by atoms with Crippen LogP contribution in [0.15, 0.2) is 17.5 Å². The predicted molar refractivity (Wildman–Crippen MR) is 82.5 cm³/mol. The van der Waals surface area contributed by atoms with E-state index in [-0.39, 0.29) is 0 Å². The normalized spacial score (nSPS) is 29.0. The van der Waals surface area contributed by atoms with Crippen LogP contribution in [0, 0.1) is 11.8 Å². The highest BCUT2D eigenvalue weighted by Gasteiger charge is 2.38. The van der Waals surface area contributed by atoms with Crippen molar-refractivity contribution in [3.8, 4) is 0 Å². The van der Waals surface area contributed by atoms with Gasteiger partial charge in [0.1, 0.15) is 0 Å². The molecule has 1 aliphatic carbocycles. The summed E-state index contributed by atoms with van der Waals surface area (Å²) in [7, 11) is 0. The largest absolute Gasteiger partial charge is 0.311 e. The molecule has 1 saturated carbocycles. The van der Waals surface area contributed by atoms with Crippen LogP contribution in [0.1, 0.15) is 38.0 Å². The van der Waals surface area contributed by atoms with E-state index in [1.165, 1.54) is 37.2 Å². The van der Waals surface area contributed by atoms with E-state index < -0.39 is 0 Å². The fourth-order valence-corrected chi connectivity index (χ4v) is 4.09. The van der Waals surface area contributed by atoms with Crippen molar-refractivity contribution in [3.05, 3.63) is 22.4 Å². The lowest BCUT2D eigenvalue weighted by Gasteiger charge is -2.41. The van der Waals surface area contributed by atoms with Crippen LogP contribution in [0.4, 0.5) is 0 Å². The van der Waals surface area contributed by atoms with E-state index >= 15 is 0 Å². The van der Waals surface area contributed by atoms with Crippen molar-refractivity contribution in [1.29, 1.82) is 0 Å². The highest BCUT2D eigenvalue weighted by atomic mass is 32.1. The van der Waals surface area contributed by atoms with Crippen LogP contribution in [-0.4, -0.2) is 30.1 Å². The molecule has 2 fully saturated rings. The summed E-state index contributed by atoms with van der Waals surface area (Å²) in [4.78, 5) is 4.28. The molecule has 2 unspecified atom stereocenters. The maximum atomic E-state index is 3.79. The van der Waals surface area contributed by atoms with E-state index in [1.807, 2.05) is 11.3 Å². The van der Waals surface area contributed by atoms with Crippen LogP contribution < -0.4 is 5.32 Å². The van der Waals surface area contributed by atoms with E-state index in [2.05, 4.69) is 41.6 Å². The first-order valence-electron chi connectivity index (χ1n) is 7.72. The topological polar surface area (TPSA) is 15.3 Å². The van der Waals surface area contributed by atoms with Crippen LogP contribution in [0.3, 0.4) is 0 Å². The number of rotatable bonds is 5. The highest BCUT2D eigenvalue weighted by molar-refractivity contribution is 7.09. The Bertz CT molecular complexity index is 383. The quantitative estimate of drug-likeness (QED) is 0.888. The summed E-state index contributed by atoms with van der Waals surface area (Å²) < 4.78 is 0. The summed E-state index contributed by atoms with van der Waals surface area (Å²) in [5.41, 5.74) is 0. The number of hydrogen-bond donors (Lipinski definition) is 1. The molecule has 2 heterocycles. The molecule has 2 nitrogen and oxygen atoms in total. The zero-order valence-electron chi connectivity index (χ0n) is 12.1. The third kappa shape index (κ3) is 3.59. The number of nitrogens with zero attached hydrogens (tertiary/aromatic N) is 1. The Balaban J connectivity index is 1.64. The van der Waals surface area contributed by atoms with Gasteiger partial charge in [-0.2, -0.15) is 0 Å². The molecule has 2 atom stereocenters. The summed E-state index contributed by atoms with van der Waals surface area (Å²) in [5, 5.41) is 6.00. The average molecular weight is 278 g/mol. The van der Waals surface area contributed by atoms with Gasteiger partial charge in [0.2, 0.25) is 0 Å². The summed E-state index contributed by atoms with van der Waals surface area (Å²) in [6, 6.07) is 5.94. The van der Waals surface area contributed by atoms with E-state index in [0.717, 1.165) is 24.4 Å². The summed E-state index contributed by atoms with van der Waals surface area (Å²) in [6.45, 7) is 8.26. The van der Waals surface area contributed by atoms with Crippen molar-refractivity contribution < 1.29 is 0 Å². The molecular weight excluding hydrogens is 252 g/mol. The van der Waals surface area contributed by atoms with E-state index in [4.69, 9.17) is 0 Å². The first-order valence-corrected chi connectivity index (χ1v) is 8.60. The fraction of sp³-hybridized carbons (Fsp3) is 0.750. The molecule has 1 aromatic rings. The molecule has 0 bridgehead atoms. The lowest BCUT2D eigenvalue weighted by atomic mass is 9.98. The van der Waals surface area contributed by atoms with Gasteiger partial charge in [-0.25, -0.2) is 0 Å². The SMILES string of the molecule is CC(C)CC1CN(Cc2cccs2)C(C2CC2)CN1. The monoisotopic (exact) mass is 278 g/mol. The molecular formula is C16H26N2S. The van der Waals surface area contributed by atoms with Crippen molar-refractivity contribution in [1.82, 2.24) is 10.2 Å². The molecule has 3 rings (SSSR count). The van der Waals surface area contributed by atoms with Crippen molar-refractivity contribution in [2.45, 2.75) is 51.7 Å². The second-order valence-corrected chi connectivity index (χ2v) is 7.68. The number of nitrogens with one attached hydrogen (secondary N) is 1. The minimum atomic E-state index is 0.690. The van der Waals surface area contributed by atoms with Gasteiger partial charge in [0, 0.05) is 36.6 Å². The Morgan fingerprint density at radius 2 is 2.26 bits per heavy atom. The van der Waals surface area contributed by atoms with Crippen molar-refractivity contribution in [2.24, 2.45) is 11.8 Å². The van der Waals surface area contributed by atoms with E-state index in [0.29, 0.717) is 6.04 Å². The summed E-state index contributed by atoms with van der Waals surface area (Å²) >= 11 is 1.90. The molecule has 0 aromatic carbocycles. The third-order valence-corrected chi connectivity index (χ3v) is 5.26. The maximum Gasteiger partial charge on any atom is 0.0332 e. The molecule has 19 heavy (non-hydrogen) atoms. The van der Waals surface area contributed by atoms with Crippen molar-refractivity contribution >= 4 is 11.3 Å². The smallest absolute Gasteiger partial charge is 0.0332 e. The molecule has 1 saturated heterocycles. The first-order chi connectivity index (χ1) is 9.22. The first kappa shape index (κ1) is 13.6. The summed E-state index contributed by atoms with van der Waals surface area (Å²) in [6.07, 6.45) is 4.20. The number of thiophene rings is 1. The zero-order valence-corrected chi connectivity index (χ0v) is 13.0. The Labute approximate surface area is 121 Å². The molecule has 106 valence electrons. The van der Waals surface area contributed by atoms with Crippen LogP contribution in [0.2, 0.25) is 0 Å². The summed E-state index contributed by atoms with van der Waals surface area (Å²) in [5.74, 6) is 1.76. The molecule has 3 heteroatoms. The van der Waals surface area contributed by atoms with Gasteiger partial charge in [0.15, 0.2) is 0 Å². The Morgan fingerprint density at radius 1 is 1.42 bits per heavy atom. The van der Waals surface area contributed by atoms with Crippen LogP contribution in [0.5, 0.6) is 0 Å². The van der Waals surface area contributed by atoms with Gasteiger partial charge in [-0.05, 0) is 42.5 Å². The molecule has 0 radical (unpaired) electrons. The minimum Gasteiger partial charge on any atom is -0.311 e. The Hall–Kier alpha value is -0.380. The molecule has 1 N–H and O–H groups in total. The molecule has 0 amide bonds. The van der Waals surface area contributed by atoms with Gasteiger partial charge in [0.25, 0.3) is 0 Å². The average Bonchev–Trinajstić information content (AvgIpc) is 3.07. The van der Waals surface area contributed by atoms with Crippen molar-refractivity contribution in [3.63, 3.8) is 0 Å². The van der Waals surface area contributed by atoms with E-state index in [1.54, 1.807) is 0 Å². The predicted octanol–water partition coefficient (Wildman–Crippen LogP) is 3.35. The van der Waals surface area contributed by atoms with Gasteiger partial charge < -0.3 is 5.32 Å². The zero-order chi connectivity index (χ0) is 13.2. The molecule has 1 aliphatic heterocycles. The Kier molecular flexibility index (Phi) is 4.25. The van der Waals surface area contributed by atoms with Crippen LogP contribution >= 0.6 is 11.3 Å². The molecule has 0 spiro atoms. The second kappa shape index (κ2) is 5.94.